The van der Waals surface area contributed by atoms with Crippen LogP contribution in [0.3, 0.4) is 0 Å². The maximum atomic E-state index is 2.31. The van der Waals surface area contributed by atoms with Crippen molar-refractivity contribution in [2.45, 2.75) is 117 Å². The molecule has 0 amide bonds. The Morgan fingerprint density at radius 1 is 0.450 bits per heavy atom. The first-order valence-corrected chi connectivity index (χ1v) is 9.35. The van der Waals surface area contributed by atoms with Gasteiger partial charge in [0.1, 0.15) is 0 Å². The number of hydrogen-bond donors (Lipinski definition) is 0. The van der Waals surface area contributed by atoms with Crippen LogP contribution in [-0.4, -0.2) is 6.71 Å². The van der Waals surface area contributed by atoms with Gasteiger partial charge in [-0.3, -0.25) is 0 Å². The third-order valence-corrected chi connectivity index (χ3v) is 4.40. The topological polar surface area (TPSA) is 0 Å². The zero-order valence-corrected chi connectivity index (χ0v) is 18.3. The van der Waals surface area contributed by atoms with Crippen molar-refractivity contribution in [3.63, 3.8) is 0 Å². The van der Waals surface area contributed by atoms with E-state index in [-0.39, 0.29) is 51.4 Å². The van der Waals surface area contributed by atoms with Crippen LogP contribution in [0.25, 0.3) is 0 Å². The molecule has 0 aromatic rings. The minimum absolute atomic E-state index is 0. The van der Waals surface area contributed by atoms with Crippen molar-refractivity contribution in [2.24, 2.45) is 0 Å². The van der Waals surface area contributed by atoms with Gasteiger partial charge in [0.05, 0.1) is 0 Å². The molecule has 0 aliphatic carbocycles. The molecule has 0 fully saturated rings. The summed E-state index contributed by atoms with van der Waals surface area (Å²) in [6.45, 7) is 7.98. The molecule has 0 aliphatic heterocycles. The van der Waals surface area contributed by atoms with Gasteiger partial charge >= 0.3 is 51.4 Å². The second-order valence-corrected chi connectivity index (χ2v) is 6.41. The van der Waals surface area contributed by atoms with Gasteiger partial charge in [-0.1, -0.05) is 97.8 Å². The molecule has 1 radical (unpaired) electrons. The summed E-state index contributed by atoms with van der Waals surface area (Å²) in [6, 6.07) is 0. The third kappa shape index (κ3) is 17.8. The van der Waals surface area contributed by atoms with E-state index in [0.717, 1.165) is 6.71 Å². The van der Waals surface area contributed by atoms with Crippen LogP contribution in [0.1, 0.15) is 97.8 Å². The van der Waals surface area contributed by atoms with Gasteiger partial charge in [0.2, 0.25) is 0 Å². The van der Waals surface area contributed by atoms with E-state index in [9.17, 15) is 0 Å². The van der Waals surface area contributed by atoms with E-state index in [1.54, 1.807) is 0 Å². The van der Waals surface area contributed by atoms with Crippen molar-refractivity contribution in [3.8, 4) is 0 Å². The smallest absolute Gasteiger partial charge is 0.208 e. The van der Waals surface area contributed by atoms with Crippen molar-refractivity contribution in [2.75, 3.05) is 0 Å². The van der Waals surface area contributed by atoms with E-state index in [1.165, 1.54) is 96.0 Å². The summed E-state index contributed by atoms with van der Waals surface area (Å²) in [5, 5.41) is 0. The van der Waals surface area contributed by atoms with Crippen LogP contribution in [0.15, 0.2) is 0 Å². The van der Waals surface area contributed by atoms with Crippen LogP contribution in [-0.2, 0) is 0 Å². The van der Waals surface area contributed by atoms with Crippen molar-refractivity contribution in [1.82, 2.24) is 0 Å². The molecule has 115 valence electrons. The quantitative estimate of drug-likeness (QED) is 0.314. The Morgan fingerprint density at radius 2 is 0.750 bits per heavy atom. The van der Waals surface area contributed by atoms with Crippen LogP contribution < -0.4 is 51.4 Å². The summed E-state index contributed by atoms with van der Waals surface area (Å²) in [6.07, 6.45) is 21.8. The van der Waals surface area contributed by atoms with E-state index in [0.29, 0.717) is 0 Å². The monoisotopic (exact) mass is 305 g/mol. The minimum atomic E-state index is 0. The first-order chi connectivity index (χ1) is 9.35. The average Bonchev–Trinajstić information content (AvgIpc) is 2.43. The maximum absolute atomic E-state index is 2.31. The molecule has 0 saturated carbocycles. The molecule has 0 heterocycles. The van der Waals surface area contributed by atoms with Gasteiger partial charge in [-0.05, 0) is 0 Å². The van der Waals surface area contributed by atoms with Crippen molar-refractivity contribution >= 4 is 6.71 Å². The molecular formula is C18H39BK. The van der Waals surface area contributed by atoms with Gasteiger partial charge < -0.3 is 0 Å². The Labute approximate surface area is 173 Å². The summed E-state index contributed by atoms with van der Waals surface area (Å²) in [7, 11) is 0. The van der Waals surface area contributed by atoms with Gasteiger partial charge in [-0.2, -0.15) is 0 Å². The van der Waals surface area contributed by atoms with E-state index >= 15 is 0 Å². The van der Waals surface area contributed by atoms with E-state index < -0.39 is 0 Å². The molecule has 0 saturated heterocycles. The van der Waals surface area contributed by atoms with Crippen molar-refractivity contribution in [1.29, 1.82) is 0 Å². The molecule has 0 atom stereocenters. The first kappa shape index (κ1) is 24.0. The molecule has 0 aliphatic rings. The molecule has 0 N–H and O–H groups in total. The Hall–Kier alpha value is 1.70. The molecular weight excluding hydrogens is 266 g/mol. The molecule has 0 unspecified atom stereocenters. The summed E-state index contributed by atoms with van der Waals surface area (Å²) in [5.74, 6) is 0. The predicted octanol–water partition coefficient (Wildman–Crippen LogP) is 4.23. The molecule has 0 nitrogen and oxygen atoms in total. The van der Waals surface area contributed by atoms with Crippen LogP contribution in [0.2, 0.25) is 19.0 Å². The molecule has 0 spiro atoms. The molecule has 0 aromatic carbocycles. The zero-order valence-electron chi connectivity index (χ0n) is 15.2. The van der Waals surface area contributed by atoms with Crippen molar-refractivity contribution < 1.29 is 51.4 Å². The average molecular weight is 305 g/mol. The SMILES string of the molecule is CCCCCC[B-](CCCCCC)CCCCCC.[K+]. The third-order valence-electron chi connectivity index (χ3n) is 4.40. The Kier molecular flexibility index (Phi) is 24.8. The molecule has 0 aromatic heterocycles. The van der Waals surface area contributed by atoms with E-state index in [4.69, 9.17) is 0 Å². The second-order valence-electron chi connectivity index (χ2n) is 6.41. The van der Waals surface area contributed by atoms with Gasteiger partial charge in [0.25, 0.3) is 0 Å². The van der Waals surface area contributed by atoms with Crippen LogP contribution in [0.5, 0.6) is 0 Å². The Balaban J connectivity index is 0. The molecule has 0 bridgehead atoms. The normalized spacial score (nSPS) is 10.8. The fourth-order valence-corrected chi connectivity index (χ4v) is 3.01. The largest absolute Gasteiger partial charge is 1.00 e. The zero-order chi connectivity index (χ0) is 14.2. The number of hydrogen-bond acceptors (Lipinski definition) is 0. The first-order valence-electron chi connectivity index (χ1n) is 9.35. The Morgan fingerprint density at radius 3 is 1.00 bits per heavy atom. The van der Waals surface area contributed by atoms with Crippen molar-refractivity contribution in [3.05, 3.63) is 0 Å². The van der Waals surface area contributed by atoms with E-state index in [2.05, 4.69) is 20.8 Å². The van der Waals surface area contributed by atoms with Crippen LogP contribution >= 0.6 is 0 Å². The predicted molar refractivity (Wildman–Crippen MR) is 92.6 cm³/mol. The fraction of sp³-hybridized carbons (Fsp3) is 1.00. The summed E-state index contributed by atoms with van der Waals surface area (Å²) in [5.41, 5.74) is 0. The second kappa shape index (κ2) is 20.7. The fourth-order valence-electron chi connectivity index (χ4n) is 3.01. The van der Waals surface area contributed by atoms with Gasteiger partial charge in [-0.15, -0.1) is 6.71 Å². The van der Waals surface area contributed by atoms with Gasteiger partial charge in [0.15, 0.2) is 0 Å². The van der Waals surface area contributed by atoms with Gasteiger partial charge in [0, 0.05) is 0 Å². The van der Waals surface area contributed by atoms with Gasteiger partial charge in [-0.25, -0.2) is 19.0 Å². The molecule has 20 heavy (non-hydrogen) atoms. The number of unbranched alkanes of at least 4 members (excludes halogenated alkanes) is 9. The minimum Gasteiger partial charge on any atom is -0.208 e. The maximum Gasteiger partial charge on any atom is 1.00 e. The van der Waals surface area contributed by atoms with E-state index in [1.807, 2.05) is 0 Å². The summed E-state index contributed by atoms with van der Waals surface area (Å²) >= 11 is 0. The summed E-state index contributed by atoms with van der Waals surface area (Å²) < 4.78 is 0. The van der Waals surface area contributed by atoms with Crippen LogP contribution in [0, 0.1) is 0 Å². The molecule has 2 heteroatoms. The van der Waals surface area contributed by atoms with Crippen LogP contribution in [0.4, 0.5) is 0 Å². The number of rotatable bonds is 15. The molecule has 0 rings (SSSR count). The standard InChI is InChI=1S/C18H39B.K/c1-4-7-10-13-16-19(17-14-11-8-5-2)18-15-12-9-6-3;/h4-18H2,1-3H3;/q-1;+1. The summed E-state index contributed by atoms with van der Waals surface area (Å²) in [4.78, 5) is 0. The Bertz CT molecular complexity index is 133.